The first-order valence-electron chi connectivity index (χ1n) is 10.2. The third-order valence-electron chi connectivity index (χ3n) is 4.67. The Balaban J connectivity index is 1.29. The highest BCUT2D eigenvalue weighted by molar-refractivity contribution is 5.91. The maximum atomic E-state index is 13.4. The molecule has 1 amide bonds. The van der Waals surface area contributed by atoms with E-state index in [-0.39, 0.29) is 25.4 Å². The minimum Gasteiger partial charge on any atom is -0.475 e. The molecule has 0 saturated heterocycles. The molecule has 8 nitrogen and oxygen atoms in total. The normalized spacial score (nSPS) is 10.6. The van der Waals surface area contributed by atoms with Gasteiger partial charge < -0.3 is 10.1 Å². The largest absolute Gasteiger partial charge is 0.475 e. The van der Waals surface area contributed by atoms with E-state index in [9.17, 15) is 14.0 Å². The molecule has 1 N–H and O–H groups in total. The standard InChI is InChI=1S/C24H20FN5O3/c25-19-8-4-5-17(15-19)16-30-23(31)12-10-21(29-30)24(32)26-13-14-33-22-11-9-20(27-28-22)18-6-2-1-3-7-18/h1-12,15H,13-14,16H2,(H,26,32). The van der Waals surface area contributed by atoms with Gasteiger partial charge in [0.1, 0.15) is 18.1 Å². The van der Waals surface area contributed by atoms with Crippen LogP contribution >= 0.6 is 0 Å². The fraction of sp³-hybridized carbons (Fsp3) is 0.125. The Kier molecular flexibility index (Phi) is 6.79. The maximum Gasteiger partial charge on any atom is 0.271 e. The van der Waals surface area contributed by atoms with Crippen molar-refractivity contribution in [3.8, 4) is 17.1 Å². The summed E-state index contributed by atoms with van der Waals surface area (Å²) in [6, 6.07) is 21.6. The van der Waals surface area contributed by atoms with Crippen LogP contribution in [-0.4, -0.2) is 39.0 Å². The molecular weight excluding hydrogens is 425 g/mol. The highest BCUT2D eigenvalue weighted by atomic mass is 19.1. The van der Waals surface area contributed by atoms with Gasteiger partial charge in [0.05, 0.1) is 18.8 Å². The minimum atomic E-state index is -0.461. The van der Waals surface area contributed by atoms with Crippen molar-refractivity contribution in [3.05, 3.63) is 106 Å². The Hall–Kier alpha value is -4.40. The molecule has 0 fully saturated rings. The number of benzene rings is 2. The van der Waals surface area contributed by atoms with E-state index >= 15 is 0 Å². The van der Waals surface area contributed by atoms with E-state index < -0.39 is 17.3 Å². The summed E-state index contributed by atoms with van der Waals surface area (Å²) in [6.45, 7) is 0.429. The van der Waals surface area contributed by atoms with Gasteiger partial charge in [-0.25, -0.2) is 9.07 Å². The number of nitrogens with zero attached hydrogens (tertiary/aromatic N) is 4. The summed E-state index contributed by atoms with van der Waals surface area (Å²) in [4.78, 5) is 24.5. The van der Waals surface area contributed by atoms with Crippen molar-refractivity contribution in [1.82, 2.24) is 25.3 Å². The average Bonchev–Trinajstić information content (AvgIpc) is 2.84. The lowest BCUT2D eigenvalue weighted by molar-refractivity contribution is 0.0939. The molecule has 4 rings (SSSR count). The first kappa shape index (κ1) is 21.8. The van der Waals surface area contributed by atoms with Crippen LogP contribution in [0, 0.1) is 5.82 Å². The first-order valence-corrected chi connectivity index (χ1v) is 10.2. The first-order chi connectivity index (χ1) is 16.1. The fourth-order valence-corrected chi connectivity index (χ4v) is 3.06. The van der Waals surface area contributed by atoms with Crippen molar-refractivity contribution in [2.45, 2.75) is 6.54 Å². The fourth-order valence-electron chi connectivity index (χ4n) is 3.06. The van der Waals surface area contributed by atoms with E-state index in [4.69, 9.17) is 4.74 Å². The summed E-state index contributed by atoms with van der Waals surface area (Å²) in [6.07, 6.45) is 0. The molecule has 0 aliphatic rings. The minimum absolute atomic E-state index is 0.0540. The Morgan fingerprint density at radius 1 is 0.970 bits per heavy atom. The SMILES string of the molecule is O=C(NCCOc1ccc(-c2ccccc2)nn1)c1ccc(=O)n(Cc2cccc(F)c2)n1. The monoisotopic (exact) mass is 445 g/mol. The van der Waals surface area contributed by atoms with E-state index in [1.54, 1.807) is 18.2 Å². The molecular formula is C24H20FN5O3. The van der Waals surface area contributed by atoms with Gasteiger partial charge in [0, 0.05) is 17.7 Å². The predicted molar refractivity (Wildman–Crippen MR) is 119 cm³/mol. The predicted octanol–water partition coefficient (Wildman–Crippen LogP) is 2.70. The summed E-state index contributed by atoms with van der Waals surface area (Å²) >= 11 is 0. The molecule has 0 unspecified atom stereocenters. The van der Waals surface area contributed by atoms with Crippen molar-refractivity contribution >= 4 is 5.91 Å². The molecule has 33 heavy (non-hydrogen) atoms. The number of carbonyl (C=O) groups excluding carboxylic acids is 1. The number of aromatic nitrogens is 4. The highest BCUT2D eigenvalue weighted by Crippen LogP contribution is 2.16. The van der Waals surface area contributed by atoms with Gasteiger partial charge in [-0.15, -0.1) is 10.2 Å². The van der Waals surface area contributed by atoms with Crippen LogP contribution in [0.15, 0.2) is 83.7 Å². The van der Waals surface area contributed by atoms with Crippen molar-refractivity contribution in [2.24, 2.45) is 0 Å². The summed E-state index contributed by atoms with van der Waals surface area (Å²) in [5, 5.41) is 14.9. The molecule has 2 aromatic heterocycles. The molecule has 2 aromatic carbocycles. The quantitative estimate of drug-likeness (QED) is 0.419. The number of nitrogens with one attached hydrogen (secondary N) is 1. The Bertz CT molecular complexity index is 1290. The lowest BCUT2D eigenvalue weighted by Gasteiger charge is -2.09. The number of halogens is 1. The molecule has 2 heterocycles. The zero-order valence-corrected chi connectivity index (χ0v) is 17.5. The van der Waals surface area contributed by atoms with Gasteiger partial charge in [-0.1, -0.05) is 42.5 Å². The van der Waals surface area contributed by atoms with Crippen molar-refractivity contribution < 1.29 is 13.9 Å². The van der Waals surface area contributed by atoms with E-state index in [0.717, 1.165) is 15.9 Å². The zero-order chi connectivity index (χ0) is 23.0. The van der Waals surface area contributed by atoms with Gasteiger partial charge in [-0.2, -0.15) is 5.10 Å². The molecule has 0 saturated carbocycles. The van der Waals surface area contributed by atoms with Gasteiger partial charge in [0.15, 0.2) is 0 Å². The molecule has 0 aliphatic carbocycles. The van der Waals surface area contributed by atoms with Gasteiger partial charge in [-0.3, -0.25) is 9.59 Å². The van der Waals surface area contributed by atoms with Crippen LogP contribution in [0.2, 0.25) is 0 Å². The average molecular weight is 445 g/mol. The maximum absolute atomic E-state index is 13.4. The van der Waals surface area contributed by atoms with Crippen molar-refractivity contribution in [3.63, 3.8) is 0 Å². The molecule has 9 heteroatoms. The number of hydrogen-bond donors (Lipinski definition) is 1. The molecule has 4 aromatic rings. The Labute approximate surface area is 188 Å². The van der Waals surface area contributed by atoms with E-state index in [0.29, 0.717) is 11.4 Å². The zero-order valence-electron chi connectivity index (χ0n) is 17.5. The number of rotatable bonds is 8. The second-order valence-corrected chi connectivity index (χ2v) is 7.07. The van der Waals surface area contributed by atoms with E-state index in [2.05, 4.69) is 20.6 Å². The smallest absolute Gasteiger partial charge is 0.271 e. The van der Waals surface area contributed by atoms with Crippen molar-refractivity contribution in [1.29, 1.82) is 0 Å². The molecule has 0 spiro atoms. The van der Waals surface area contributed by atoms with E-state index in [1.165, 1.54) is 24.3 Å². The van der Waals surface area contributed by atoms with Gasteiger partial charge in [0.25, 0.3) is 11.5 Å². The van der Waals surface area contributed by atoms with Crippen LogP contribution in [0.1, 0.15) is 16.1 Å². The van der Waals surface area contributed by atoms with Gasteiger partial charge >= 0.3 is 0 Å². The number of ether oxygens (including phenoxy) is 1. The van der Waals surface area contributed by atoms with Crippen molar-refractivity contribution in [2.75, 3.05) is 13.2 Å². The van der Waals surface area contributed by atoms with E-state index in [1.807, 2.05) is 36.4 Å². The van der Waals surface area contributed by atoms with Crippen LogP contribution < -0.4 is 15.6 Å². The summed E-state index contributed by atoms with van der Waals surface area (Å²) in [5.41, 5.74) is 1.93. The molecule has 0 aliphatic heterocycles. The van der Waals surface area contributed by atoms with Crippen LogP contribution in [0.25, 0.3) is 11.3 Å². The molecule has 166 valence electrons. The summed E-state index contributed by atoms with van der Waals surface area (Å²) in [5.74, 6) is -0.531. The lowest BCUT2D eigenvalue weighted by Crippen LogP contribution is -2.32. The van der Waals surface area contributed by atoms with Gasteiger partial charge in [0.2, 0.25) is 5.88 Å². The Morgan fingerprint density at radius 2 is 1.82 bits per heavy atom. The third kappa shape index (κ3) is 5.85. The summed E-state index contributed by atoms with van der Waals surface area (Å²) < 4.78 is 20.0. The highest BCUT2D eigenvalue weighted by Gasteiger charge is 2.10. The third-order valence-corrected chi connectivity index (χ3v) is 4.67. The molecule has 0 atom stereocenters. The summed E-state index contributed by atoms with van der Waals surface area (Å²) in [7, 11) is 0. The van der Waals surface area contributed by atoms with Crippen LogP contribution in [0.5, 0.6) is 5.88 Å². The molecule has 0 bridgehead atoms. The Morgan fingerprint density at radius 3 is 2.58 bits per heavy atom. The lowest BCUT2D eigenvalue weighted by atomic mass is 10.1. The number of amides is 1. The van der Waals surface area contributed by atoms with Crippen LogP contribution in [-0.2, 0) is 6.54 Å². The second-order valence-electron chi connectivity index (χ2n) is 7.07. The topological polar surface area (TPSA) is 99.0 Å². The molecule has 0 radical (unpaired) electrons. The number of hydrogen-bond acceptors (Lipinski definition) is 6. The van der Waals surface area contributed by atoms with Crippen LogP contribution in [0.4, 0.5) is 4.39 Å². The van der Waals surface area contributed by atoms with Crippen LogP contribution in [0.3, 0.4) is 0 Å². The second kappa shape index (κ2) is 10.3. The number of carbonyl (C=O) groups is 1. The van der Waals surface area contributed by atoms with Gasteiger partial charge in [-0.05, 0) is 29.8 Å².